The van der Waals surface area contributed by atoms with Gasteiger partial charge in [-0.1, -0.05) is 33.0 Å². The maximum Gasteiger partial charge on any atom is 0.250 e. The predicted molar refractivity (Wildman–Crippen MR) is 79.4 cm³/mol. The van der Waals surface area contributed by atoms with E-state index in [1.165, 1.54) is 11.3 Å². The minimum atomic E-state index is -3.54. The van der Waals surface area contributed by atoms with Crippen molar-refractivity contribution in [1.29, 1.82) is 0 Å². The van der Waals surface area contributed by atoms with Crippen molar-refractivity contribution in [2.75, 3.05) is 0 Å². The van der Waals surface area contributed by atoms with E-state index in [4.69, 9.17) is 18.0 Å². The fourth-order valence-corrected chi connectivity index (χ4v) is 4.52. The topological polar surface area (TPSA) is 72.2 Å². The van der Waals surface area contributed by atoms with E-state index < -0.39 is 16.1 Å². The van der Waals surface area contributed by atoms with Gasteiger partial charge >= 0.3 is 0 Å². The molecule has 0 radical (unpaired) electrons. The molecule has 102 valence electrons. The first-order valence-electron chi connectivity index (χ1n) is 5.68. The number of nitrogens with one attached hydrogen (secondary N) is 1. The first-order chi connectivity index (χ1) is 8.27. The third-order valence-electron chi connectivity index (χ3n) is 2.51. The molecular weight excluding hydrogens is 288 g/mol. The Bertz CT molecular complexity index is 520. The quantitative estimate of drug-likeness (QED) is 0.787. The smallest absolute Gasteiger partial charge is 0.250 e. The number of aryl methyl sites for hydroxylation is 1. The number of sulfonamides is 1. The summed E-state index contributed by atoms with van der Waals surface area (Å²) < 4.78 is 27.2. The van der Waals surface area contributed by atoms with Crippen LogP contribution < -0.4 is 10.5 Å². The summed E-state index contributed by atoms with van der Waals surface area (Å²) in [7, 11) is -3.54. The van der Waals surface area contributed by atoms with Gasteiger partial charge in [0.25, 0.3) is 10.0 Å². The molecule has 0 saturated heterocycles. The summed E-state index contributed by atoms with van der Waals surface area (Å²) in [4.78, 5) is 1.20. The van der Waals surface area contributed by atoms with Crippen LogP contribution in [0, 0.1) is 5.92 Å². The van der Waals surface area contributed by atoms with E-state index >= 15 is 0 Å². The Balaban J connectivity index is 2.96. The molecule has 3 N–H and O–H groups in total. The fraction of sp³-hybridized carbons (Fsp3) is 0.545. The van der Waals surface area contributed by atoms with E-state index in [1.54, 1.807) is 6.07 Å². The van der Waals surface area contributed by atoms with E-state index in [2.05, 4.69) is 4.72 Å². The Kier molecular flexibility index (Phi) is 5.27. The van der Waals surface area contributed by atoms with Crippen LogP contribution in [0.4, 0.5) is 0 Å². The van der Waals surface area contributed by atoms with E-state index in [0.29, 0.717) is 4.21 Å². The van der Waals surface area contributed by atoms with Gasteiger partial charge in [0, 0.05) is 4.88 Å². The van der Waals surface area contributed by atoms with Gasteiger partial charge in [-0.15, -0.1) is 11.3 Å². The fourth-order valence-electron chi connectivity index (χ4n) is 1.44. The second-order valence-electron chi connectivity index (χ2n) is 4.32. The van der Waals surface area contributed by atoms with Gasteiger partial charge in [-0.25, -0.2) is 13.1 Å². The maximum absolute atomic E-state index is 12.2. The summed E-state index contributed by atoms with van der Waals surface area (Å²) >= 11 is 6.16. The molecule has 4 nitrogen and oxygen atoms in total. The highest BCUT2D eigenvalue weighted by molar-refractivity contribution is 7.91. The molecule has 0 aliphatic carbocycles. The van der Waals surface area contributed by atoms with Crippen LogP contribution in [-0.2, 0) is 16.4 Å². The average Bonchev–Trinajstić information content (AvgIpc) is 2.74. The lowest BCUT2D eigenvalue weighted by Gasteiger charge is -2.20. The van der Waals surface area contributed by atoms with E-state index in [-0.39, 0.29) is 10.9 Å². The number of nitrogens with two attached hydrogens (primary N) is 1. The summed E-state index contributed by atoms with van der Waals surface area (Å²) in [6, 6.07) is 2.92. The van der Waals surface area contributed by atoms with Crippen molar-refractivity contribution in [3.8, 4) is 0 Å². The number of thiocarbonyl (C=S) groups is 1. The zero-order valence-electron chi connectivity index (χ0n) is 10.6. The molecule has 0 spiro atoms. The van der Waals surface area contributed by atoms with Crippen molar-refractivity contribution < 1.29 is 8.42 Å². The molecule has 1 aromatic heterocycles. The number of hydrogen-bond acceptors (Lipinski definition) is 4. The van der Waals surface area contributed by atoms with E-state index in [0.717, 1.165) is 11.3 Å². The van der Waals surface area contributed by atoms with Crippen LogP contribution >= 0.6 is 23.6 Å². The standard InChI is InChI=1S/C11H18N2O2S3/c1-4-8-5-6-9(17-8)18(14,15)13-10(7(2)3)11(12)16/h5-7,10,13H,4H2,1-3H3,(H2,12,16). The monoisotopic (exact) mass is 306 g/mol. The lowest BCUT2D eigenvalue weighted by atomic mass is 10.1. The SMILES string of the molecule is CCc1ccc(S(=O)(=O)NC(C(N)=S)C(C)C)s1. The van der Waals surface area contributed by atoms with Crippen LogP contribution in [-0.4, -0.2) is 19.4 Å². The Morgan fingerprint density at radius 3 is 2.50 bits per heavy atom. The van der Waals surface area contributed by atoms with E-state index in [1.807, 2.05) is 26.8 Å². The van der Waals surface area contributed by atoms with Crippen LogP contribution in [0.2, 0.25) is 0 Å². The molecule has 1 atom stereocenters. The van der Waals surface area contributed by atoms with Crippen LogP contribution in [0.25, 0.3) is 0 Å². The highest BCUT2D eigenvalue weighted by atomic mass is 32.2. The molecule has 0 bridgehead atoms. The maximum atomic E-state index is 12.2. The van der Waals surface area contributed by atoms with Gasteiger partial charge < -0.3 is 5.73 Å². The molecule has 1 heterocycles. The van der Waals surface area contributed by atoms with Crippen molar-refractivity contribution in [2.24, 2.45) is 11.7 Å². The van der Waals surface area contributed by atoms with Crippen molar-refractivity contribution in [2.45, 2.75) is 37.4 Å². The molecule has 7 heteroatoms. The minimum absolute atomic E-state index is 0.0166. The number of rotatable bonds is 6. The molecule has 0 aliphatic heterocycles. The Morgan fingerprint density at radius 1 is 1.50 bits per heavy atom. The van der Waals surface area contributed by atoms with Crippen molar-refractivity contribution >= 4 is 38.6 Å². The van der Waals surface area contributed by atoms with Gasteiger partial charge in [0.1, 0.15) is 4.21 Å². The van der Waals surface area contributed by atoms with Crippen LogP contribution in [0.5, 0.6) is 0 Å². The zero-order valence-corrected chi connectivity index (χ0v) is 13.1. The second kappa shape index (κ2) is 6.10. The summed E-state index contributed by atoms with van der Waals surface area (Å²) in [6.07, 6.45) is 0.823. The molecule has 1 unspecified atom stereocenters. The minimum Gasteiger partial charge on any atom is -0.392 e. The van der Waals surface area contributed by atoms with Gasteiger partial charge in [0.05, 0.1) is 11.0 Å². The number of thiophene rings is 1. The van der Waals surface area contributed by atoms with Crippen molar-refractivity contribution in [3.63, 3.8) is 0 Å². The average molecular weight is 306 g/mol. The summed E-state index contributed by atoms with van der Waals surface area (Å²) in [5.41, 5.74) is 5.56. The van der Waals surface area contributed by atoms with Crippen LogP contribution in [0.15, 0.2) is 16.3 Å². The molecule has 0 amide bonds. The summed E-state index contributed by atoms with van der Waals surface area (Å²) in [5, 5.41) is 0. The first-order valence-corrected chi connectivity index (χ1v) is 8.39. The highest BCUT2D eigenvalue weighted by Crippen LogP contribution is 2.22. The Morgan fingerprint density at radius 2 is 2.11 bits per heavy atom. The van der Waals surface area contributed by atoms with Gasteiger partial charge in [-0.05, 0) is 24.5 Å². The molecule has 1 rings (SSSR count). The van der Waals surface area contributed by atoms with Gasteiger partial charge in [0.15, 0.2) is 0 Å². The predicted octanol–water partition coefficient (Wildman–Crippen LogP) is 1.90. The molecule has 18 heavy (non-hydrogen) atoms. The van der Waals surface area contributed by atoms with Crippen LogP contribution in [0.3, 0.4) is 0 Å². The molecule has 0 saturated carbocycles. The summed E-state index contributed by atoms with van der Waals surface area (Å²) in [5.74, 6) is 0.0166. The number of hydrogen-bond donors (Lipinski definition) is 2. The molecule has 0 aromatic carbocycles. The Labute approximate surface area is 118 Å². The molecule has 0 fully saturated rings. The Hall–Kier alpha value is -0.500. The van der Waals surface area contributed by atoms with Crippen LogP contribution in [0.1, 0.15) is 25.6 Å². The van der Waals surface area contributed by atoms with Gasteiger partial charge in [-0.3, -0.25) is 0 Å². The molecule has 0 aliphatic rings. The second-order valence-corrected chi connectivity index (χ2v) is 7.90. The molecular formula is C11H18N2O2S3. The lowest BCUT2D eigenvalue weighted by Crippen LogP contribution is -2.46. The van der Waals surface area contributed by atoms with E-state index in [9.17, 15) is 8.42 Å². The van der Waals surface area contributed by atoms with Gasteiger partial charge in [0.2, 0.25) is 0 Å². The zero-order chi connectivity index (χ0) is 13.9. The summed E-state index contributed by atoms with van der Waals surface area (Å²) in [6.45, 7) is 5.73. The normalized spacial score (nSPS) is 13.8. The first kappa shape index (κ1) is 15.6. The largest absolute Gasteiger partial charge is 0.392 e. The lowest BCUT2D eigenvalue weighted by molar-refractivity contribution is 0.527. The van der Waals surface area contributed by atoms with Crippen molar-refractivity contribution in [3.05, 3.63) is 17.0 Å². The van der Waals surface area contributed by atoms with Crippen molar-refractivity contribution in [1.82, 2.24) is 4.72 Å². The van der Waals surface area contributed by atoms with Gasteiger partial charge in [-0.2, -0.15) is 0 Å². The highest BCUT2D eigenvalue weighted by Gasteiger charge is 2.25. The third kappa shape index (κ3) is 3.74. The molecule has 1 aromatic rings. The third-order valence-corrected chi connectivity index (χ3v) is 5.92.